The second kappa shape index (κ2) is 12.2. The first-order valence-corrected chi connectivity index (χ1v) is 13.2. The zero-order valence-corrected chi connectivity index (χ0v) is 22.7. The van der Waals surface area contributed by atoms with Gasteiger partial charge in [0, 0.05) is 44.8 Å². The van der Waals surface area contributed by atoms with E-state index in [9.17, 15) is 22.4 Å². The number of benzene rings is 1. The summed E-state index contributed by atoms with van der Waals surface area (Å²) < 4.78 is 64.5. The summed E-state index contributed by atoms with van der Waals surface area (Å²) in [7, 11) is 0. The summed E-state index contributed by atoms with van der Waals surface area (Å²) >= 11 is 0. The van der Waals surface area contributed by atoms with Crippen molar-refractivity contribution in [2.24, 2.45) is 5.73 Å². The van der Waals surface area contributed by atoms with Crippen LogP contribution in [0.25, 0.3) is 16.9 Å². The maximum atomic E-state index is 13.3. The topological polar surface area (TPSA) is 168 Å². The van der Waals surface area contributed by atoms with Gasteiger partial charge in [-0.25, -0.2) is 9.50 Å². The molecule has 0 spiro atoms. The number of carbonyl (C=O) groups is 1. The summed E-state index contributed by atoms with van der Waals surface area (Å²) in [6.07, 6.45) is 5.80. The Balaban J connectivity index is 1.34. The molecule has 1 amide bonds. The zero-order chi connectivity index (χ0) is 30.8. The highest BCUT2D eigenvalue weighted by Gasteiger charge is 2.30. The van der Waals surface area contributed by atoms with Gasteiger partial charge in [0.15, 0.2) is 11.5 Å². The van der Waals surface area contributed by atoms with Crippen LogP contribution < -0.4 is 20.5 Å². The van der Waals surface area contributed by atoms with Crippen molar-refractivity contribution in [1.82, 2.24) is 49.5 Å². The number of amides is 1. The van der Waals surface area contributed by atoms with Crippen LogP contribution in [-0.2, 0) is 6.54 Å². The van der Waals surface area contributed by atoms with Crippen molar-refractivity contribution in [3.05, 3.63) is 60.4 Å². The molecule has 19 heteroatoms. The number of fused-ring (bicyclic) bond motifs is 1. The predicted octanol–water partition coefficient (Wildman–Crippen LogP) is 1.90. The lowest BCUT2D eigenvalue weighted by Crippen LogP contribution is -2.50. The Hall–Kier alpha value is -5.17. The summed E-state index contributed by atoms with van der Waals surface area (Å²) in [4.78, 5) is 21.1. The molecular formula is C25H24F4N12O3. The first-order chi connectivity index (χ1) is 21.3. The molecule has 5 aromatic rings. The Morgan fingerprint density at radius 1 is 1.14 bits per heavy atom. The van der Waals surface area contributed by atoms with Crippen LogP contribution in [0.5, 0.6) is 11.5 Å². The molecule has 5 heterocycles. The smallest absolute Gasteiger partial charge is 0.387 e. The van der Waals surface area contributed by atoms with Gasteiger partial charge in [-0.2, -0.15) is 32.6 Å². The van der Waals surface area contributed by atoms with Crippen LogP contribution in [0.2, 0.25) is 0 Å². The quantitative estimate of drug-likeness (QED) is 0.196. The monoisotopic (exact) mass is 616 g/mol. The Bertz CT molecular complexity index is 1770. The molecule has 1 fully saturated rings. The summed E-state index contributed by atoms with van der Waals surface area (Å²) in [5.41, 5.74) is 5.76. The summed E-state index contributed by atoms with van der Waals surface area (Å²) in [5, 5.41) is 23.8. The molecule has 0 atom stereocenters. The van der Waals surface area contributed by atoms with Gasteiger partial charge in [-0.15, -0.1) is 10.2 Å². The third-order valence-electron chi connectivity index (χ3n) is 6.66. The van der Waals surface area contributed by atoms with Crippen molar-refractivity contribution < 1.29 is 31.8 Å². The Kier molecular flexibility index (Phi) is 8.03. The minimum absolute atomic E-state index is 0.0249. The first-order valence-electron chi connectivity index (χ1n) is 13.2. The highest BCUT2D eigenvalue weighted by atomic mass is 19.3. The van der Waals surface area contributed by atoms with Gasteiger partial charge in [0.1, 0.15) is 29.3 Å². The van der Waals surface area contributed by atoms with Crippen LogP contribution in [0.4, 0.5) is 23.2 Å². The van der Waals surface area contributed by atoms with Crippen LogP contribution in [0, 0.1) is 0 Å². The number of hydrogen-bond acceptors (Lipinski definition) is 11. The van der Waals surface area contributed by atoms with Gasteiger partial charge in [-0.05, 0) is 29.5 Å². The number of likely N-dealkylation sites (tertiary alicyclic amines) is 1. The van der Waals surface area contributed by atoms with Gasteiger partial charge in [0.05, 0.1) is 23.5 Å². The molecule has 1 aliphatic rings. The Morgan fingerprint density at radius 3 is 2.73 bits per heavy atom. The average Bonchev–Trinajstić information content (AvgIpc) is 3.70. The van der Waals surface area contributed by atoms with Crippen molar-refractivity contribution >= 4 is 17.2 Å². The molecule has 3 N–H and O–H groups in total. The molecular weight excluding hydrogens is 592 g/mol. The third-order valence-corrected chi connectivity index (χ3v) is 6.66. The average molecular weight is 617 g/mol. The molecule has 1 aliphatic heterocycles. The van der Waals surface area contributed by atoms with E-state index < -0.39 is 24.9 Å². The summed E-state index contributed by atoms with van der Waals surface area (Å²) in [5.74, 6) is -1.10. The van der Waals surface area contributed by atoms with Crippen LogP contribution in [-0.4, -0.2) is 94.8 Å². The highest BCUT2D eigenvalue weighted by Crippen LogP contribution is 2.38. The molecule has 1 aromatic carbocycles. The number of alkyl halides is 4. The fourth-order valence-corrected chi connectivity index (χ4v) is 4.71. The first kappa shape index (κ1) is 28.9. The molecule has 0 radical (unpaired) electrons. The van der Waals surface area contributed by atoms with E-state index in [0.717, 1.165) is 37.8 Å². The number of hydrogen-bond donors (Lipinski definition) is 2. The van der Waals surface area contributed by atoms with Crippen molar-refractivity contribution in [2.45, 2.75) is 25.8 Å². The van der Waals surface area contributed by atoms with Crippen molar-refractivity contribution in [1.29, 1.82) is 0 Å². The fraction of sp³-hybridized carbons (Fsp3) is 0.320. The van der Waals surface area contributed by atoms with E-state index in [1.165, 1.54) is 32.6 Å². The second-order valence-electron chi connectivity index (χ2n) is 9.63. The minimum Gasteiger partial charge on any atom is -0.435 e. The number of nitrogens with one attached hydrogen (secondary N) is 1. The van der Waals surface area contributed by atoms with Crippen molar-refractivity contribution in [3.8, 4) is 22.8 Å². The molecule has 230 valence electrons. The van der Waals surface area contributed by atoms with Crippen molar-refractivity contribution in [3.63, 3.8) is 0 Å². The van der Waals surface area contributed by atoms with Crippen LogP contribution in [0.3, 0.4) is 0 Å². The van der Waals surface area contributed by atoms with E-state index in [2.05, 4.69) is 50.3 Å². The zero-order valence-electron chi connectivity index (χ0n) is 22.7. The lowest BCUT2D eigenvalue weighted by Gasteiger charge is -2.37. The maximum Gasteiger partial charge on any atom is 0.387 e. The number of ether oxygens (including phenoxy) is 2. The maximum absolute atomic E-state index is 13.3. The molecule has 6 rings (SSSR count). The number of tetrazole rings is 1. The van der Waals surface area contributed by atoms with Crippen molar-refractivity contribution in [2.75, 3.05) is 31.5 Å². The normalized spacial score (nSPS) is 14.0. The van der Waals surface area contributed by atoms with Gasteiger partial charge in [0.2, 0.25) is 0 Å². The Morgan fingerprint density at radius 2 is 1.95 bits per heavy atom. The minimum atomic E-state index is -3.24. The van der Waals surface area contributed by atoms with E-state index in [-0.39, 0.29) is 52.3 Å². The Labute approximate surface area is 245 Å². The fourth-order valence-electron chi connectivity index (χ4n) is 4.71. The SMILES string of the molecule is NCCN1CC(n2nnc(Cn3cc(NC(=O)c4cnn5cccnc45)c(-c4cc(OC(F)F)ccc4OC(F)F)n3)n2)C1. The van der Waals surface area contributed by atoms with E-state index in [0.29, 0.717) is 6.54 Å². The van der Waals surface area contributed by atoms with Gasteiger partial charge >= 0.3 is 13.2 Å². The van der Waals surface area contributed by atoms with Gasteiger partial charge in [-0.1, -0.05) is 0 Å². The molecule has 0 unspecified atom stereocenters. The molecule has 1 saturated heterocycles. The number of rotatable bonds is 12. The molecule has 44 heavy (non-hydrogen) atoms. The van der Waals surface area contributed by atoms with Crippen LogP contribution >= 0.6 is 0 Å². The van der Waals surface area contributed by atoms with Gasteiger partial charge < -0.3 is 20.5 Å². The summed E-state index contributed by atoms with van der Waals surface area (Å²) in [6.45, 7) is -3.72. The van der Waals surface area contributed by atoms with Gasteiger partial charge in [0.25, 0.3) is 5.91 Å². The molecule has 0 saturated carbocycles. The lowest BCUT2D eigenvalue weighted by atomic mass is 10.1. The van der Waals surface area contributed by atoms with E-state index in [4.69, 9.17) is 5.73 Å². The standard InChI is InChI=1S/C25H24F4N12O3/c26-24(27)43-15-2-3-19(44-25(28)29)16(8-15)21-18(33-23(42)17-9-32-40-6-1-5-31-22(17)40)12-39(36-21)13-20-34-37-41(35-20)14-10-38(11-14)7-4-30/h1-3,5-6,8-9,12,14,24-25H,4,7,10-11,13,30H2,(H,33,42). The number of halogens is 4. The lowest BCUT2D eigenvalue weighted by molar-refractivity contribution is -0.0526. The number of aromatic nitrogens is 9. The number of nitrogens with two attached hydrogens (primary N) is 1. The molecule has 4 aromatic heterocycles. The number of anilines is 1. The van der Waals surface area contributed by atoms with Crippen LogP contribution in [0.15, 0.2) is 49.1 Å². The number of nitrogens with zero attached hydrogens (tertiary/aromatic N) is 10. The summed E-state index contributed by atoms with van der Waals surface area (Å²) in [6, 6.07) is 4.80. The van der Waals surface area contributed by atoms with Crippen LogP contribution in [0.1, 0.15) is 22.2 Å². The highest BCUT2D eigenvalue weighted by molar-refractivity contribution is 6.09. The predicted molar refractivity (Wildman–Crippen MR) is 143 cm³/mol. The molecule has 0 aliphatic carbocycles. The molecule has 15 nitrogen and oxygen atoms in total. The molecule has 0 bridgehead atoms. The van der Waals surface area contributed by atoms with Gasteiger partial charge in [-0.3, -0.25) is 14.4 Å². The third kappa shape index (κ3) is 6.13. The van der Waals surface area contributed by atoms with E-state index in [1.807, 2.05) is 0 Å². The van der Waals surface area contributed by atoms with E-state index in [1.54, 1.807) is 12.3 Å². The largest absolute Gasteiger partial charge is 0.435 e. The second-order valence-corrected chi connectivity index (χ2v) is 9.63. The number of carbonyl (C=O) groups excluding carboxylic acids is 1. The van der Waals surface area contributed by atoms with E-state index >= 15 is 0 Å².